The molecule has 0 saturated carbocycles. The van der Waals surface area contributed by atoms with Crippen LogP contribution in [0, 0.1) is 0 Å². The van der Waals surface area contributed by atoms with E-state index in [1.807, 2.05) is 32.0 Å². The first-order chi connectivity index (χ1) is 10.2. The van der Waals surface area contributed by atoms with Crippen molar-refractivity contribution < 1.29 is 4.74 Å². The van der Waals surface area contributed by atoms with Crippen molar-refractivity contribution in [2.24, 2.45) is 0 Å². The van der Waals surface area contributed by atoms with Gasteiger partial charge < -0.3 is 10.1 Å². The van der Waals surface area contributed by atoms with Gasteiger partial charge in [0.15, 0.2) is 0 Å². The third-order valence-electron chi connectivity index (χ3n) is 2.83. The number of aromatic nitrogens is 2. The Labute approximate surface area is 130 Å². The maximum absolute atomic E-state index is 6.04. The fraction of sp³-hybridized carbons (Fsp3) is 0.375. The van der Waals surface area contributed by atoms with Crippen LogP contribution < -0.4 is 10.1 Å². The van der Waals surface area contributed by atoms with Gasteiger partial charge in [0, 0.05) is 24.2 Å². The molecule has 0 radical (unpaired) electrons. The zero-order chi connectivity index (χ0) is 15.1. The van der Waals surface area contributed by atoms with Gasteiger partial charge in [0.2, 0.25) is 11.8 Å². The smallest absolute Gasteiger partial charge is 0.226 e. The van der Waals surface area contributed by atoms with Crippen molar-refractivity contribution >= 4 is 17.5 Å². The summed E-state index contributed by atoms with van der Waals surface area (Å²) >= 11 is 6.04. The highest BCUT2D eigenvalue weighted by Gasteiger charge is 2.11. The monoisotopic (exact) mass is 305 g/mol. The van der Waals surface area contributed by atoms with Gasteiger partial charge in [-0.05, 0) is 25.8 Å². The summed E-state index contributed by atoms with van der Waals surface area (Å²) in [6, 6.07) is 12.0. The number of hydrogen-bond acceptors (Lipinski definition) is 4. The summed E-state index contributed by atoms with van der Waals surface area (Å²) in [5.41, 5.74) is 1.23. The molecule has 1 aromatic heterocycles. The number of nitrogens with zero attached hydrogens (tertiary/aromatic N) is 2. The van der Waals surface area contributed by atoms with Crippen LogP contribution >= 0.6 is 11.6 Å². The normalized spacial score (nSPS) is 12.2. The van der Waals surface area contributed by atoms with Crippen molar-refractivity contribution in [2.45, 2.75) is 32.4 Å². The van der Waals surface area contributed by atoms with Gasteiger partial charge in [-0.1, -0.05) is 30.3 Å². The zero-order valence-corrected chi connectivity index (χ0v) is 13.0. The minimum absolute atomic E-state index is 0.0726. The van der Waals surface area contributed by atoms with E-state index in [1.54, 1.807) is 12.3 Å². The van der Waals surface area contributed by atoms with E-state index >= 15 is 0 Å². The van der Waals surface area contributed by atoms with Gasteiger partial charge >= 0.3 is 0 Å². The molecule has 1 unspecified atom stereocenters. The predicted molar refractivity (Wildman–Crippen MR) is 86.1 cm³/mol. The standard InChI is InChI=1S/C16H20ClN3O/c1-12(2)21-15-8-9-18-16(20-15)19-14(11-17)10-13-6-4-3-5-7-13/h3-9,12,14H,10-11H2,1-2H3,(H,18,19,20). The third-order valence-corrected chi connectivity index (χ3v) is 3.20. The molecular formula is C16H20ClN3O. The molecule has 2 aromatic rings. The average Bonchev–Trinajstić information content (AvgIpc) is 2.47. The maximum Gasteiger partial charge on any atom is 0.226 e. The lowest BCUT2D eigenvalue weighted by Gasteiger charge is -2.17. The van der Waals surface area contributed by atoms with Crippen LogP contribution in [0.15, 0.2) is 42.6 Å². The Balaban J connectivity index is 2.01. The highest BCUT2D eigenvalue weighted by atomic mass is 35.5. The van der Waals surface area contributed by atoms with Gasteiger partial charge in [0.25, 0.3) is 0 Å². The Hall–Kier alpha value is -1.81. The van der Waals surface area contributed by atoms with Crippen molar-refractivity contribution in [1.82, 2.24) is 9.97 Å². The van der Waals surface area contributed by atoms with E-state index < -0.39 is 0 Å². The Morgan fingerprint density at radius 3 is 2.62 bits per heavy atom. The lowest BCUT2D eigenvalue weighted by atomic mass is 10.1. The summed E-state index contributed by atoms with van der Waals surface area (Å²) in [4.78, 5) is 8.55. The highest BCUT2D eigenvalue weighted by molar-refractivity contribution is 6.18. The molecule has 21 heavy (non-hydrogen) atoms. The van der Waals surface area contributed by atoms with E-state index in [0.29, 0.717) is 17.7 Å². The number of benzene rings is 1. The van der Waals surface area contributed by atoms with E-state index in [-0.39, 0.29) is 12.1 Å². The van der Waals surface area contributed by atoms with Crippen molar-refractivity contribution in [2.75, 3.05) is 11.2 Å². The van der Waals surface area contributed by atoms with Gasteiger partial charge in [0.05, 0.1) is 6.10 Å². The van der Waals surface area contributed by atoms with Crippen molar-refractivity contribution in [3.63, 3.8) is 0 Å². The van der Waals surface area contributed by atoms with E-state index in [0.717, 1.165) is 6.42 Å². The molecule has 0 aliphatic rings. The number of alkyl halides is 1. The highest BCUT2D eigenvalue weighted by Crippen LogP contribution is 2.13. The van der Waals surface area contributed by atoms with Crippen LogP contribution in [0.5, 0.6) is 5.88 Å². The first kappa shape index (κ1) is 15.6. The Bertz CT molecular complexity index is 548. The van der Waals surface area contributed by atoms with E-state index in [2.05, 4.69) is 27.4 Å². The molecule has 0 aliphatic heterocycles. The summed E-state index contributed by atoms with van der Waals surface area (Å²) in [7, 11) is 0. The van der Waals surface area contributed by atoms with Crippen LogP contribution in [-0.2, 0) is 6.42 Å². The molecule has 5 heteroatoms. The van der Waals surface area contributed by atoms with Gasteiger partial charge in [-0.2, -0.15) is 4.98 Å². The second-order valence-electron chi connectivity index (χ2n) is 5.07. The molecule has 2 rings (SSSR count). The summed E-state index contributed by atoms with van der Waals surface area (Å²) in [6.45, 7) is 3.93. The largest absolute Gasteiger partial charge is 0.475 e. The zero-order valence-electron chi connectivity index (χ0n) is 12.3. The number of anilines is 1. The van der Waals surface area contributed by atoms with Crippen LogP contribution in [0.4, 0.5) is 5.95 Å². The molecule has 4 nitrogen and oxygen atoms in total. The number of ether oxygens (including phenoxy) is 1. The lowest BCUT2D eigenvalue weighted by Crippen LogP contribution is -2.25. The topological polar surface area (TPSA) is 47.0 Å². The van der Waals surface area contributed by atoms with Crippen molar-refractivity contribution in [3.8, 4) is 5.88 Å². The SMILES string of the molecule is CC(C)Oc1ccnc(NC(CCl)Cc2ccccc2)n1. The Morgan fingerprint density at radius 2 is 1.95 bits per heavy atom. The molecule has 0 spiro atoms. The molecule has 112 valence electrons. The van der Waals surface area contributed by atoms with Gasteiger partial charge in [0.1, 0.15) is 0 Å². The Morgan fingerprint density at radius 1 is 1.19 bits per heavy atom. The Kier molecular flexibility index (Phi) is 5.81. The summed E-state index contributed by atoms with van der Waals surface area (Å²) in [5.74, 6) is 1.58. The summed E-state index contributed by atoms with van der Waals surface area (Å²) in [5, 5.41) is 3.26. The average molecular weight is 306 g/mol. The predicted octanol–water partition coefficient (Wildman–Crippen LogP) is 3.53. The van der Waals surface area contributed by atoms with E-state index in [4.69, 9.17) is 16.3 Å². The van der Waals surface area contributed by atoms with E-state index in [1.165, 1.54) is 5.56 Å². The number of rotatable bonds is 7. The quantitative estimate of drug-likeness (QED) is 0.795. The van der Waals surface area contributed by atoms with Gasteiger partial charge in [-0.25, -0.2) is 4.98 Å². The minimum atomic E-state index is 0.0726. The van der Waals surface area contributed by atoms with Crippen LogP contribution in [0.3, 0.4) is 0 Å². The first-order valence-electron chi connectivity index (χ1n) is 7.03. The molecule has 0 aliphatic carbocycles. The number of halogens is 1. The fourth-order valence-electron chi connectivity index (χ4n) is 1.94. The van der Waals surface area contributed by atoms with Gasteiger partial charge in [-0.3, -0.25) is 0 Å². The second-order valence-corrected chi connectivity index (χ2v) is 5.38. The molecule has 1 heterocycles. The number of nitrogens with one attached hydrogen (secondary N) is 1. The maximum atomic E-state index is 6.04. The van der Waals surface area contributed by atoms with Crippen LogP contribution in [0.2, 0.25) is 0 Å². The molecule has 0 amide bonds. The first-order valence-corrected chi connectivity index (χ1v) is 7.57. The molecule has 0 fully saturated rings. The number of hydrogen-bond donors (Lipinski definition) is 1. The third kappa shape index (κ3) is 5.23. The van der Waals surface area contributed by atoms with Crippen molar-refractivity contribution in [1.29, 1.82) is 0 Å². The molecular weight excluding hydrogens is 286 g/mol. The van der Waals surface area contributed by atoms with Crippen molar-refractivity contribution in [3.05, 3.63) is 48.2 Å². The molecule has 0 bridgehead atoms. The second kappa shape index (κ2) is 7.84. The fourth-order valence-corrected chi connectivity index (χ4v) is 2.13. The minimum Gasteiger partial charge on any atom is -0.475 e. The van der Waals surface area contributed by atoms with E-state index in [9.17, 15) is 0 Å². The summed E-state index contributed by atoms with van der Waals surface area (Å²) < 4.78 is 5.56. The lowest BCUT2D eigenvalue weighted by molar-refractivity contribution is 0.232. The molecule has 1 N–H and O–H groups in total. The summed E-state index contributed by atoms with van der Waals surface area (Å²) in [6.07, 6.45) is 2.59. The molecule has 1 atom stereocenters. The van der Waals surface area contributed by atoms with Crippen LogP contribution in [0.25, 0.3) is 0 Å². The van der Waals surface area contributed by atoms with Crippen LogP contribution in [0.1, 0.15) is 19.4 Å². The molecule has 1 aromatic carbocycles. The van der Waals surface area contributed by atoms with Crippen LogP contribution in [-0.4, -0.2) is 28.0 Å². The van der Waals surface area contributed by atoms with Gasteiger partial charge in [-0.15, -0.1) is 11.6 Å². The molecule has 0 saturated heterocycles.